The van der Waals surface area contributed by atoms with Crippen LogP contribution in [0.15, 0.2) is 24.3 Å². The quantitative estimate of drug-likeness (QED) is 0.865. The molecule has 27 heavy (non-hydrogen) atoms. The average molecular weight is 371 g/mol. The van der Waals surface area contributed by atoms with E-state index in [4.69, 9.17) is 0 Å². The first kappa shape index (κ1) is 19.4. The maximum Gasteiger partial charge on any atom is 0.253 e. The molecule has 1 aromatic carbocycles. The minimum atomic E-state index is -0.128. The summed E-state index contributed by atoms with van der Waals surface area (Å²) in [5.74, 6) is 0.564. The lowest BCUT2D eigenvalue weighted by molar-refractivity contribution is -0.130. The van der Waals surface area contributed by atoms with E-state index in [2.05, 4.69) is 5.32 Å². The molecule has 3 amide bonds. The van der Waals surface area contributed by atoms with Crippen molar-refractivity contribution >= 4 is 23.4 Å². The van der Waals surface area contributed by atoms with Gasteiger partial charge in [0.15, 0.2) is 0 Å². The molecule has 0 bridgehead atoms. The Kier molecular flexibility index (Phi) is 6.48. The molecule has 1 N–H and O–H groups in total. The van der Waals surface area contributed by atoms with Gasteiger partial charge in [0.05, 0.1) is 0 Å². The molecule has 2 saturated heterocycles. The predicted octanol–water partition coefficient (Wildman–Crippen LogP) is 2.90. The highest BCUT2D eigenvalue weighted by Crippen LogP contribution is 2.24. The summed E-state index contributed by atoms with van der Waals surface area (Å²) in [5.41, 5.74) is 1.33. The van der Waals surface area contributed by atoms with Crippen LogP contribution in [0.4, 0.5) is 5.69 Å². The third kappa shape index (κ3) is 5.31. The zero-order chi connectivity index (χ0) is 19.2. The van der Waals surface area contributed by atoms with Crippen molar-refractivity contribution < 1.29 is 14.4 Å². The first-order chi connectivity index (χ1) is 13.0. The van der Waals surface area contributed by atoms with Crippen LogP contribution in [0.2, 0.25) is 0 Å². The Morgan fingerprint density at radius 2 is 1.67 bits per heavy atom. The largest absolute Gasteiger partial charge is 0.343 e. The zero-order valence-electron chi connectivity index (χ0n) is 16.1. The lowest BCUT2D eigenvalue weighted by Crippen LogP contribution is -2.40. The highest BCUT2D eigenvalue weighted by molar-refractivity contribution is 5.95. The van der Waals surface area contributed by atoms with Crippen LogP contribution in [-0.2, 0) is 9.59 Å². The second kappa shape index (κ2) is 9.02. The number of piperidine rings is 1. The number of hydrogen-bond acceptors (Lipinski definition) is 3. The monoisotopic (exact) mass is 371 g/mol. The van der Waals surface area contributed by atoms with E-state index < -0.39 is 0 Å². The van der Waals surface area contributed by atoms with E-state index in [-0.39, 0.29) is 17.7 Å². The second-order valence-electron chi connectivity index (χ2n) is 7.64. The van der Waals surface area contributed by atoms with Crippen LogP contribution in [0.3, 0.4) is 0 Å². The molecule has 0 radical (unpaired) electrons. The highest BCUT2D eigenvalue weighted by atomic mass is 16.2. The average Bonchev–Trinajstić information content (AvgIpc) is 3.21. The Hall–Kier alpha value is -2.37. The summed E-state index contributed by atoms with van der Waals surface area (Å²) >= 11 is 0. The molecule has 0 saturated carbocycles. The van der Waals surface area contributed by atoms with Gasteiger partial charge >= 0.3 is 0 Å². The third-order valence-electron chi connectivity index (χ3n) is 5.48. The summed E-state index contributed by atoms with van der Waals surface area (Å²) in [7, 11) is 0. The molecule has 1 atom stereocenters. The molecule has 2 aliphatic rings. The first-order valence-corrected chi connectivity index (χ1v) is 9.97. The fourth-order valence-corrected chi connectivity index (χ4v) is 4.02. The molecule has 0 aliphatic carbocycles. The van der Waals surface area contributed by atoms with Crippen molar-refractivity contribution in [3.63, 3.8) is 0 Å². The van der Waals surface area contributed by atoms with Gasteiger partial charge < -0.3 is 15.1 Å². The number of nitrogens with one attached hydrogen (secondary N) is 1. The minimum Gasteiger partial charge on any atom is -0.343 e. The van der Waals surface area contributed by atoms with Crippen LogP contribution in [0.5, 0.6) is 0 Å². The summed E-state index contributed by atoms with van der Waals surface area (Å²) in [6.45, 7) is 4.76. The van der Waals surface area contributed by atoms with Gasteiger partial charge in [0.2, 0.25) is 11.8 Å². The lowest BCUT2D eigenvalue weighted by Gasteiger charge is -2.33. The van der Waals surface area contributed by atoms with Gasteiger partial charge in [0, 0.05) is 50.8 Å². The van der Waals surface area contributed by atoms with Crippen LogP contribution < -0.4 is 5.32 Å². The molecule has 0 unspecified atom stereocenters. The van der Waals surface area contributed by atoms with E-state index in [1.807, 2.05) is 9.80 Å². The van der Waals surface area contributed by atoms with Gasteiger partial charge in [-0.3, -0.25) is 14.4 Å². The molecule has 1 aromatic rings. The van der Waals surface area contributed by atoms with Crippen molar-refractivity contribution in [3.8, 4) is 0 Å². The summed E-state index contributed by atoms with van der Waals surface area (Å²) in [6.07, 6.45) is 5.77. The summed E-state index contributed by atoms with van der Waals surface area (Å²) in [5, 5.41) is 2.71. The van der Waals surface area contributed by atoms with E-state index in [0.717, 1.165) is 58.3 Å². The fourth-order valence-electron chi connectivity index (χ4n) is 4.02. The maximum absolute atomic E-state index is 12.8. The Balaban J connectivity index is 1.51. The number of benzene rings is 1. The molecule has 2 fully saturated rings. The number of likely N-dealkylation sites (tertiary alicyclic amines) is 2. The van der Waals surface area contributed by atoms with E-state index in [1.165, 1.54) is 6.92 Å². The van der Waals surface area contributed by atoms with Gasteiger partial charge in [-0.05, 0) is 62.3 Å². The number of hydrogen-bond donors (Lipinski definition) is 1. The topological polar surface area (TPSA) is 69.7 Å². The number of carbonyl (C=O) groups excluding carboxylic acids is 3. The Labute approximate surface area is 160 Å². The fraction of sp³-hybridized carbons (Fsp3) is 0.571. The molecule has 146 valence electrons. The SMILES string of the molecule is CC(=O)Nc1ccc(C(=O)N2CCC[C@@H](CCC(=O)N3CCCC3)C2)cc1. The zero-order valence-corrected chi connectivity index (χ0v) is 16.1. The van der Waals surface area contributed by atoms with Gasteiger partial charge in [-0.15, -0.1) is 0 Å². The van der Waals surface area contributed by atoms with Crippen molar-refractivity contribution in [1.29, 1.82) is 0 Å². The third-order valence-corrected chi connectivity index (χ3v) is 5.48. The maximum atomic E-state index is 12.8. The number of rotatable bonds is 5. The van der Waals surface area contributed by atoms with Gasteiger partial charge in [-0.2, -0.15) is 0 Å². The second-order valence-corrected chi connectivity index (χ2v) is 7.64. The molecule has 6 nitrogen and oxygen atoms in total. The molecule has 0 aromatic heterocycles. The van der Waals surface area contributed by atoms with Crippen LogP contribution >= 0.6 is 0 Å². The van der Waals surface area contributed by atoms with Crippen molar-refractivity contribution in [1.82, 2.24) is 9.80 Å². The molecule has 2 aliphatic heterocycles. The van der Waals surface area contributed by atoms with E-state index in [0.29, 0.717) is 23.6 Å². The number of amides is 3. The highest BCUT2D eigenvalue weighted by Gasteiger charge is 2.26. The Bertz CT molecular complexity index is 680. The standard InChI is InChI=1S/C21H29N3O3/c1-16(25)22-19-9-7-18(8-10-19)21(27)24-14-4-5-17(15-24)6-11-20(26)23-12-2-3-13-23/h7-10,17H,2-6,11-15H2,1H3,(H,22,25)/t17-/m0/s1. The van der Waals surface area contributed by atoms with E-state index in [9.17, 15) is 14.4 Å². The van der Waals surface area contributed by atoms with Crippen LogP contribution in [0.25, 0.3) is 0 Å². The van der Waals surface area contributed by atoms with Crippen molar-refractivity contribution in [3.05, 3.63) is 29.8 Å². The van der Waals surface area contributed by atoms with Gasteiger partial charge in [-0.1, -0.05) is 0 Å². The molecular weight excluding hydrogens is 342 g/mol. The van der Waals surface area contributed by atoms with Gasteiger partial charge in [0.25, 0.3) is 5.91 Å². The Morgan fingerprint density at radius 3 is 2.33 bits per heavy atom. The van der Waals surface area contributed by atoms with Crippen LogP contribution in [0, 0.1) is 5.92 Å². The van der Waals surface area contributed by atoms with Crippen molar-refractivity contribution in [2.45, 2.75) is 45.4 Å². The molecule has 6 heteroatoms. The molecular formula is C21H29N3O3. The summed E-state index contributed by atoms with van der Waals surface area (Å²) in [6, 6.07) is 7.03. The summed E-state index contributed by atoms with van der Waals surface area (Å²) < 4.78 is 0. The van der Waals surface area contributed by atoms with Crippen molar-refractivity contribution in [2.24, 2.45) is 5.92 Å². The molecule has 0 spiro atoms. The normalized spacial score (nSPS) is 19.8. The lowest BCUT2D eigenvalue weighted by atomic mass is 9.92. The number of anilines is 1. The van der Waals surface area contributed by atoms with Crippen LogP contribution in [-0.4, -0.2) is 53.7 Å². The minimum absolute atomic E-state index is 0.0277. The predicted molar refractivity (Wildman–Crippen MR) is 104 cm³/mol. The molecule has 2 heterocycles. The van der Waals surface area contributed by atoms with Crippen molar-refractivity contribution in [2.75, 3.05) is 31.5 Å². The number of carbonyl (C=O) groups is 3. The molecule has 3 rings (SSSR count). The van der Waals surface area contributed by atoms with Gasteiger partial charge in [0.1, 0.15) is 0 Å². The number of nitrogens with zero attached hydrogens (tertiary/aromatic N) is 2. The smallest absolute Gasteiger partial charge is 0.253 e. The van der Waals surface area contributed by atoms with E-state index >= 15 is 0 Å². The Morgan fingerprint density at radius 1 is 1.00 bits per heavy atom. The van der Waals surface area contributed by atoms with Gasteiger partial charge in [-0.25, -0.2) is 0 Å². The van der Waals surface area contributed by atoms with E-state index in [1.54, 1.807) is 24.3 Å². The first-order valence-electron chi connectivity index (χ1n) is 9.97. The van der Waals surface area contributed by atoms with Crippen LogP contribution in [0.1, 0.15) is 55.8 Å². The summed E-state index contributed by atoms with van der Waals surface area (Å²) in [4.78, 5) is 40.0.